The summed E-state index contributed by atoms with van der Waals surface area (Å²) in [4.78, 5) is 42.5. The van der Waals surface area contributed by atoms with Crippen LogP contribution in [0.25, 0.3) is 0 Å². The van der Waals surface area contributed by atoms with Crippen LogP contribution in [0.15, 0.2) is 0 Å². The molecule has 0 saturated carbocycles. The molecule has 0 aliphatic heterocycles. The van der Waals surface area contributed by atoms with Crippen molar-refractivity contribution in [3.8, 4) is 0 Å². The molecule has 0 fully saturated rings. The molecule has 0 heterocycles. The summed E-state index contributed by atoms with van der Waals surface area (Å²) in [5, 5.41) is 26.6. The van der Waals surface area contributed by atoms with Gasteiger partial charge in [-0.2, -0.15) is 0 Å². The zero-order valence-electron chi connectivity index (χ0n) is 12.2. The van der Waals surface area contributed by atoms with Gasteiger partial charge >= 0.3 is 17.9 Å². The van der Waals surface area contributed by atoms with Crippen LogP contribution in [0, 0.1) is 11.8 Å². The van der Waals surface area contributed by atoms with Crippen LogP contribution in [0.2, 0.25) is 0 Å². The second kappa shape index (κ2) is 9.03. The Kier molecular flexibility index (Phi) is 8.53. The van der Waals surface area contributed by atoms with E-state index in [1.54, 1.807) is 6.66 Å². The average molecular weight is 355 g/mol. The summed E-state index contributed by atoms with van der Waals surface area (Å²) in [7, 11) is -4.83. The maximum atomic E-state index is 12.1. The number of carboxylic acid groups (broad SMARTS) is 3. The van der Waals surface area contributed by atoms with E-state index in [0.29, 0.717) is 0 Å². The van der Waals surface area contributed by atoms with Crippen molar-refractivity contribution in [1.82, 2.24) is 0 Å². The molecule has 0 saturated heterocycles. The highest BCUT2D eigenvalue weighted by Gasteiger charge is 2.35. The fourth-order valence-electron chi connectivity index (χ4n) is 1.94. The molecule has 8 nitrogen and oxygen atoms in total. The van der Waals surface area contributed by atoms with Crippen LogP contribution < -0.4 is 0 Å². The second-order valence-electron chi connectivity index (χ2n) is 5.25. The highest BCUT2D eigenvalue weighted by molar-refractivity contribution is 7.58. The van der Waals surface area contributed by atoms with Crippen molar-refractivity contribution in [3.63, 3.8) is 0 Å². The summed E-state index contributed by atoms with van der Waals surface area (Å²) in [6.45, 7) is 1.74. The predicted octanol–water partition coefficient (Wildman–Crippen LogP) is 1.07. The number of rotatable bonds is 11. The van der Waals surface area contributed by atoms with Crippen molar-refractivity contribution in [3.05, 3.63) is 0 Å². The normalized spacial score (nSPS) is 17.1. The highest BCUT2D eigenvalue weighted by atomic mass is 31.2. The molecule has 4 atom stereocenters. The minimum atomic E-state index is -4.00. The van der Waals surface area contributed by atoms with Crippen LogP contribution in [0.1, 0.15) is 12.8 Å². The van der Waals surface area contributed by atoms with Gasteiger partial charge in [-0.15, -0.1) is 0 Å². The SMILES string of the molecule is C=[P+](C)CC(CP(=O)(O)CC(CCC(=O)O)C(=O)O)C(=O)O. The summed E-state index contributed by atoms with van der Waals surface area (Å²) in [6.07, 6.45) is 2.01. The molecule has 0 aromatic heterocycles. The summed E-state index contributed by atoms with van der Waals surface area (Å²) < 4.78 is 12.1. The molecule has 0 aliphatic carbocycles. The molecule has 126 valence electrons. The number of hydrogen-bond donors (Lipinski definition) is 4. The van der Waals surface area contributed by atoms with E-state index in [1.165, 1.54) is 0 Å². The van der Waals surface area contributed by atoms with Crippen molar-refractivity contribution < 1.29 is 39.2 Å². The molecule has 4 unspecified atom stereocenters. The first-order chi connectivity index (χ1) is 9.94. The topological polar surface area (TPSA) is 149 Å². The van der Waals surface area contributed by atoms with E-state index in [-0.39, 0.29) is 12.6 Å². The number of aliphatic carboxylic acids is 3. The summed E-state index contributed by atoms with van der Waals surface area (Å²) in [5.74, 6) is -6.12. The molecule has 0 radical (unpaired) electrons. The Balaban J connectivity index is 4.91. The molecule has 0 aromatic carbocycles. The summed E-state index contributed by atoms with van der Waals surface area (Å²) in [6, 6.07) is 0. The van der Waals surface area contributed by atoms with Gasteiger partial charge in [-0.1, -0.05) is 0 Å². The van der Waals surface area contributed by atoms with Crippen molar-refractivity contribution in [2.24, 2.45) is 11.8 Å². The van der Waals surface area contributed by atoms with Crippen molar-refractivity contribution >= 4 is 39.1 Å². The third kappa shape index (κ3) is 8.93. The Hall–Kier alpha value is -1.23. The van der Waals surface area contributed by atoms with Crippen molar-refractivity contribution in [2.45, 2.75) is 12.8 Å². The molecule has 0 aromatic rings. The fourth-order valence-corrected chi connectivity index (χ4v) is 5.34. The van der Waals surface area contributed by atoms with Crippen LogP contribution in [0.4, 0.5) is 0 Å². The van der Waals surface area contributed by atoms with E-state index in [1.807, 2.05) is 0 Å². The lowest BCUT2D eigenvalue weighted by Gasteiger charge is -2.18. The van der Waals surface area contributed by atoms with Gasteiger partial charge in [-0.05, 0) is 6.42 Å². The van der Waals surface area contributed by atoms with Crippen molar-refractivity contribution in [2.75, 3.05) is 25.2 Å². The van der Waals surface area contributed by atoms with Gasteiger partial charge in [0.15, 0.2) is 0 Å². The van der Waals surface area contributed by atoms with Gasteiger partial charge in [0.25, 0.3) is 0 Å². The first-order valence-corrected chi connectivity index (χ1v) is 10.6. The molecule has 10 heteroatoms. The van der Waals surface area contributed by atoms with Gasteiger partial charge in [0.1, 0.15) is 12.1 Å². The third-order valence-electron chi connectivity index (χ3n) is 2.95. The lowest BCUT2D eigenvalue weighted by molar-refractivity contribution is -0.142. The van der Waals surface area contributed by atoms with Crippen LogP contribution in [-0.4, -0.2) is 69.6 Å². The quantitative estimate of drug-likeness (QED) is 0.402. The van der Waals surface area contributed by atoms with E-state index in [0.717, 1.165) is 0 Å². The molecule has 4 N–H and O–H groups in total. The molecule has 0 spiro atoms. The monoisotopic (exact) mass is 355 g/mol. The molecule has 22 heavy (non-hydrogen) atoms. The number of carboxylic acids is 3. The highest BCUT2D eigenvalue weighted by Crippen LogP contribution is 2.46. The molecular formula is C12H21O8P2+. The van der Waals surface area contributed by atoms with E-state index >= 15 is 0 Å². The maximum absolute atomic E-state index is 12.1. The van der Waals surface area contributed by atoms with E-state index in [9.17, 15) is 23.8 Å². The minimum absolute atomic E-state index is 0.169. The third-order valence-corrected chi connectivity index (χ3v) is 6.04. The Morgan fingerprint density at radius 2 is 1.55 bits per heavy atom. The van der Waals surface area contributed by atoms with Gasteiger partial charge in [-0.25, -0.2) is 0 Å². The average Bonchev–Trinajstić information content (AvgIpc) is 2.32. The first kappa shape index (κ1) is 20.8. The van der Waals surface area contributed by atoms with Gasteiger partial charge in [0.2, 0.25) is 7.37 Å². The molecule has 0 aliphatic rings. The predicted molar refractivity (Wildman–Crippen MR) is 83.5 cm³/mol. The summed E-state index contributed by atoms with van der Waals surface area (Å²) >= 11 is 0. The summed E-state index contributed by atoms with van der Waals surface area (Å²) in [5.41, 5.74) is 0. The van der Waals surface area contributed by atoms with Crippen LogP contribution >= 0.6 is 14.9 Å². The standard InChI is InChI=1S/C12H20O8P2/c1-21(2)5-9(12(17)18)7-22(19,20)6-8(11(15)16)3-4-10(13)14/h8-9H,1,3-7H2,2H3,(H3-,13,14,15,16,17,18,19,20)/p+1. The Labute approximate surface area is 129 Å². The Bertz CT molecular complexity index is 501. The minimum Gasteiger partial charge on any atom is -0.481 e. The first-order valence-electron chi connectivity index (χ1n) is 6.44. The van der Waals surface area contributed by atoms with Crippen LogP contribution in [0.3, 0.4) is 0 Å². The van der Waals surface area contributed by atoms with E-state index < -0.39 is 63.4 Å². The maximum Gasteiger partial charge on any atom is 0.311 e. The van der Waals surface area contributed by atoms with Gasteiger partial charge in [0, 0.05) is 18.7 Å². The molecule has 0 amide bonds. The lowest BCUT2D eigenvalue weighted by atomic mass is 10.1. The zero-order chi connectivity index (χ0) is 17.5. The van der Waals surface area contributed by atoms with Gasteiger partial charge < -0.3 is 20.2 Å². The van der Waals surface area contributed by atoms with Gasteiger partial charge in [-0.3, -0.25) is 18.9 Å². The Morgan fingerprint density at radius 1 is 1.09 bits per heavy atom. The molecular weight excluding hydrogens is 334 g/mol. The van der Waals surface area contributed by atoms with E-state index in [4.69, 9.17) is 15.3 Å². The van der Waals surface area contributed by atoms with Gasteiger partial charge in [0.05, 0.1) is 26.4 Å². The second-order valence-corrected chi connectivity index (χ2v) is 9.75. The number of carbonyl (C=O) groups is 3. The molecule has 0 bridgehead atoms. The van der Waals surface area contributed by atoms with E-state index in [2.05, 4.69) is 6.30 Å². The van der Waals surface area contributed by atoms with Crippen LogP contribution in [0.5, 0.6) is 0 Å². The largest absolute Gasteiger partial charge is 0.481 e. The van der Waals surface area contributed by atoms with Crippen molar-refractivity contribution in [1.29, 1.82) is 0 Å². The number of hydrogen-bond acceptors (Lipinski definition) is 4. The Morgan fingerprint density at radius 3 is 1.91 bits per heavy atom. The molecule has 0 rings (SSSR count). The fraction of sp³-hybridized carbons (Fsp3) is 0.667. The zero-order valence-corrected chi connectivity index (χ0v) is 14.0. The lowest BCUT2D eigenvalue weighted by Crippen LogP contribution is -2.25. The van der Waals surface area contributed by atoms with Crippen LogP contribution in [-0.2, 0) is 18.9 Å². The smallest absolute Gasteiger partial charge is 0.311 e.